The maximum atomic E-state index is 9.92. The molecule has 0 aliphatic heterocycles. The van der Waals surface area contributed by atoms with E-state index in [0.717, 1.165) is 0 Å². The quantitative estimate of drug-likeness (QED) is 0.442. The Kier molecular flexibility index (Phi) is 16.9. The first kappa shape index (κ1) is 16.6. The minimum absolute atomic E-state index is 0. The summed E-state index contributed by atoms with van der Waals surface area (Å²) in [5, 5.41) is 2.03. The molecule has 2 amide bonds. The van der Waals surface area contributed by atoms with Gasteiger partial charge in [-0.05, 0) is 0 Å². The van der Waals surface area contributed by atoms with Crippen molar-refractivity contribution in [2.75, 3.05) is 0 Å². The second-order valence-corrected chi connectivity index (χ2v) is 1.24. The van der Waals surface area contributed by atoms with Crippen LogP contribution in [0, 0.1) is 0 Å². The minimum atomic E-state index is -0.312. The summed E-state index contributed by atoms with van der Waals surface area (Å²) in [5.74, 6) is -0.625. The number of imide groups is 1. The summed E-state index contributed by atoms with van der Waals surface area (Å²) in [7, 11) is 0. The SMILES string of the molecule is CC(=O)NC(C)=O.[Na].[Na]. The average molecular weight is 147 g/mol. The van der Waals surface area contributed by atoms with Gasteiger partial charge >= 0.3 is 0 Å². The van der Waals surface area contributed by atoms with Crippen molar-refractivity contribution in [1.82, 2.24) is 5.32 Å². The molecular weight excluding hydrogens is 140 g/mol. The van der Waals surface area contributed by atoms with E-state index < -0.39 is 0 Å². The number of carbonyl (C=O) groups is 2. The molecule has 1 N–H and O–H groups in total. The zero-order valence-electron chi connectivity index (χ0n) is 6.32. The van der Waals surface area contributed by atoms with Crippen molar-refractivity contribution in [3.63, 3.8) is 0 Å². The Balaban J connectivity index is -0.000000180. The molecule has 3 nitrogen and oxygen atoms in total. The first-order chi connectivity index (χ1) is 3.13. The molecule has 0 aromatic rings. The number of hydrogen-bond acceptors (Lipinski definition) is 2. The van der Waals surface area contributed by atoms with Crippen LogP contribution in [0.15, 0.2) is 0 Å². The molecule has 0 aromatic heterocycles. The van der Waals surface area contributed by atoms with Gasteiger partial charge in [0, 0.05) is 73.0 Å². The van der Waals surface area contributed by atoms with Crippen LogP contribution in [0.2, 0.25) is 0 Å². The number of hydrogen-bond donors (Lipinski definition) is 1. The Labute approximate surface area is 98.5 Å². The summed E-state index contributed by atoms with van der Waals surface area (Å²) >= 11 is 0. The van der Waals surface area contributed by atoms with E-state index >= 15 is 0 Å². The Hall–Kier alpha value is 1.14. The van der Waals surface area contributed by atoms with E-state index in [-0.39, 0.29) is 70.9 Å². The van der Waals surface area contributed by atoms with Gasteiger partial charge in [-0.15, -0.1) is 0 Å². The van der Waals surface area contributed by atoms with Gasteiger partial charge in [-0.3, -0.25) is 14.9 Å². The van der Waals surface area contributed by atoms with E-state index in [1.807, 2.05) is 5.32 Å². The maximum Gasteiger partial charge on any atom is 0.223 e. The van der Waals surface area contributed by atoms with Gasteiger partial charge in [0.2, 0.25) is 11.8 Å². The first-order valence-electron chi connectivity index (χ1n) is 1.91. The monoisotopic (exact) mass is 147 g/mol. The zero-order chi connectivity index (χ0) is 5.86. The van der Waals surface area contributed by atoms with Crippen molar-refractivity contribution >= 4 is 70.9 Å². The molecule has 0 saturated heterocycles. The van der Waals surface area contributed by atoms with Crippen molar-refractivity contribution in [3.05, 3.63) is 0 Å². The topological polar surface area (TPSA) is 46.2 Å². The van der Waals surface area contributed by atoms with Gasteiger partial charge in [0.15, 0.2) is 0 Å². The van der Waals surface area contributed by atoms with Crippen LogP contribution in [0.4, 0.5) is 0 Å². The van der Waals surface area contributed by atoms with Crippen molar-refractivity contribution in [1.29, 1.82) is 0 Å². The molecule has 9 heavy (non-hydrogen) atoms. The van der Waals surface area contributed by atoms with Crippen molar-refractivity contribution < 1.29 is 9.59 Å². The molecule has 2 radical (unpaired) electrons. The standard InChI is InChI=1S/C4H7NO2.2Na/c1-3(6)5-4(2)7;;/h1-2H3,(H,5,6,7);;. The second-order valence-electron chi connectivity index (χ2n) is 1.24. The molecule has 0 spiro atoms. The maximum absolute atomic E-state index is 9.92. The van der Waals surface area contributed by atoms with Gasteiger partial charge in [0.05, 0.1) is 0 Å². The number of carbonyl (C=O) groups excluding carboxylic acids is 2. The van der Waals surface area contributed by atoms with Gasteiger partial charge in [-0.1, -0.05) is 0 Å². The van der Waals surface area contributed by atoms with Gasteiger partial charge in [0.25, 0.3) is 0 Å². The predicted octanol–water partition coefficient (Wildman–Crippen LogP) is -1.09. The molecular formula is C4H7NNa2O2. The number of rotatable bonds is 0. The Morgan fingerprint density at radius 2 is 1.22 bits per heavy atom. The minimum Gasteiger partial charge on any atom is -0.297 e. The predicted molar refractivity (Wildman–Crippen MR) is 36.0 cm³/mol. The van der Waals surface area contributed by atoms with E-state index in [1.165, 1.54) is 13.8 Å². The molecule has 0 fully saturated rings. The number of nitrogens with one attached hydrogen (secondary N) is 1. The normalized spacial score (nSPS) is 6.00. The smallest absolute Gasteiger partial charge is 0.223 e. The van der Waals surface area contributed by atoms with Gasteiger partial charge < -0.3 is 0 Å². The van der Waals surface area contributed by atoms with E-state index in [2.05, 4.69) is 0 Å². The molecule has 0 bridgehead atoms. The third-order valence-electron chi connectivity index (χ3n) is 0.352. The molecule has 0 aliphatic carbocycles. The van der Waals surface area contributed by atoms with Crippen molar-refractivity contribution in [2.24, 2.45) is 0 Å². The molecule has 42 valence electrons. The molecule has 0 aromatic carbocycles. The summed E-state index contributed by atoms with van der Waals surface area (Å²) in [5.41, 5.74) is 0. The fourth-order valence-corrected chi connectivity index (χ4v) is 0.248. The average Bonchev–Trinajstić information content (AvgIpc) is 1.27. The largest absolute Gasteiger partial charge is 0.297 e. The third kappa shape index (κ3) is 17.6. The molecule has 0 aliphatic rings. The molecule has 0 unspecified atom stereocenters. The van der Waals surface area contributed by atoms with Crippen molar-refractivity contribution in [3.8, 4) is 0 Å². The van der Waals surface area contributed by atoms with Gasteiger partial charge in [0.1, 0.15) is 0 Å². The van der Waals surface area contributed by atoms with E-state index in [1.54, 1.807) is 0 Å². The van der Waals surface area contributed by atoms with Crippen LogP contribution in [-0.2, 0) is 9.59 Å². The Morgan fingerprint density at radius 1 is 1.00 bits per heavy atom. The summed E-state index contributed by atoms with van der Waals surface area (Å²) in [6.07, 6.45) is 0. The van der Waals surface area contributed by atoms with E-state index in [4.69, 9.17) is 0 Å². The first-order valence-corrected chi connectivity index (χ1v) is 1.91. The summed E-state index contributed by atoms with van der Waals surface area (Å²) < 4.78 is 0. The van der Waals surface area contributed by atoms with Crippen LogP contribution < -0.4 is 5.32 Å². The molecule has 0 saturated carbocycles. The Morgan fingerprint density at radius 3 is 1.22 bits per heavy atom. The zero-order valence-corrected chi connectivity index (χ0v) is 10.3. The molecule has 0 atom stereocenters. The summed E-state index contributed by atoms with van der Waals surface area (Å²) in [6.45, 7) is 2.59. The van der Waals surface area contributed by atoms with Crippen LogP contribution >= 0.6 is 0 Å². The fourth-order valence-electron chi connectivity index (χ4n) is 0.248. The fraction of sp³-hybridized carbons (Fsp3) is 0.500. The van der Waals surface area contributed by atoms with Gasteiger partial charge in [-0.25, -0.2) is 0 Å². The molecule has 0 heterocycles. The van der Waals surface area contributed by atoms with Crippen LogP contribution in [0.5, 0.6) is 0 Å². The van der Waals surface area contributed by atoms with Crippen LogP contribution in [0.25, 0.3) is 0 Å². The van der Waals surface area contributed by atoms with E-state index in [9.17, 15) is 9.59 Å². The van der Waals surface area contributed by atoms with Crippen LogP contribution in [0.1, 0.15) is 13.8 Å². The molecule has 0 rings (SSSR count). The summed E-state index contributed by atoms with van der Waals surface area (Å²) in [4.78, 5) is 19.8. The van der Waals surface area contributed by atoms with Crippen LogP contribution in [-0.4, -0.2) is 70.9 Å². The second kappa shape index (κ2) is 9.14. The third-order valence-corrected chi connectivity index (χ3v) is 0.352. The van der Waals surface area contributed by atoms with Crippen molar-refractivity contribution in [2.45, 2.75) is 13.8 Å². The van der Waals surface area contributed by atoms with E-state index in [0.29, 0.717) is 0 Å². The number of amides is 2. The summed E-state index contributed by atoms with van der Waals surface area (Å²) in [6, 6.07) is 0. The van der Waals surface area contributed by atoms with Crippen LogP contribution in [0.3, 0.4) is 0 Å². The Bertz CT molecular complexity index is 92.7. The molecule has 5 heteroatoms. The van der Waals surface area contributed by atoms with Gasteiger partial charge in [-0.2, -0.15) is 0 Å².